The molecule has 1 N–H and O–H groups in total. The minimum Gasteiger partial charge on any atom is -0.271 e. The number of halogens is 3. The molecule has 118 valence electrons. The highest BCUT2D eigenvalue weighted by Gasteiger charge is 2.33. The molecule has 0 unspecified atom stereocenters. The molecule has 0 aliphatic carbocycles. The van der Waals surface area contributed by atoms with Crippen molar-refractivity contribution in [3.05, 3.63) is 53.3 Å². The Balaban J connectivity index is 1.88. The van der Waals surface area contributed by atoms with Crippen LogP contribution in [0.5, 0.6) is 0 Å². The molecule has 0 saturated heterocycles. The van der Waals surface area contributed by atoms with E-state index in [4.69, 9.17) is 5.26 Å². The van der Waals surface area contributed by atoms with E-state index in [-0.39, 0.29) is 6.54 Å². The molecule has 2 rings (SSSR count). The van der Waals surface area contributed by atoms with Crippen LogP contribution in [0.1, 0.15) is 16.8 Å². The summed E-state index contributed by atoms with van der Waals surface area (Å²) in [6, 6.07) is 9.20. The fourth-order valence-corrected chi connectivity index (χ4v) is 1.61. The average Bonchev–Trinajstić information content (AvgIpc) is 2.96. The summed E-state index contributed by atoms with van der Waals surface area (Å²) in [5.74, 6) is -0.619. The topological polar surface area (TPSA) is 83.1 Å². The Morgan fingerprint density at radius 3 is 2.61 bits per heavy atom. The number of hydrazone groups is 1. The van der Waals surface area contributed by atoms with Gasteiger partial charge in [-0.2, -0.15) is 28.6 Å². The zero-order chi connectivity index (χ0) is 16.9. The van der Waals surface area contributed by atoms with E-state index in [0.29, 0.717) is 11.1 Å². The Morgan fingerprint density at radius 2 is 2.04 bits per heavy atom. The number of carbonyl (C=O) groups is 1. The molecular formula is C14H10F3N5O. The van der Waals surface area contributed by atoms with E-state index in [9.17, 15) is 18.0 Å². The van der Waals surface area contributed by atoms with E-state index in [1.165, 1.54) is 6.21 Å². The van der Waals surface area contributed by atoms with Gasteiger partial charge in [0.05, 0.1) is 17.8 Å². The molecule has 1 aromatic carbocycles. The number of benzene rings is 1. The van der Waals surface area contributed by atoms with Crippen LogP contribution in [-0.2, 0) is 17.5 Å². The number of hydrogen-bond donors (Lipinski definition) is 1. The fourth-order valence-electron chi connectivity index (χ4n) is 1.61. The molecule has 0 aliphatic heterocycles. The van der Waals surface area contributed by atoms with Crippen molar-refractivity contribution >= 4 is 12.1 Å². The van der Waals surface area contributed by atoms with Crippen LogP contribution in [0, 0.1) is 11.3 Å². The van der Waals surface area contributed by atoms with Crippen LogP contribution in [0.3, 0.4) is 0 Å². The number of alkyl halides is 3. The molecule has 9 heteroatoms. The van der Waals surface area contributed by atoms with Gasteiger partial charge in [-0.05, 0) is 23.8 Å². The highest BCUT2D eigenvalue weighted by molar-refractivity contribution is 5.82. The van der Waals surface area contributed by atoms with Gasteiger partial charge in [-0.1, -0.05) is 12.1 Å². The number of nitrogens with one attached hydrogen (secondary N) is 1. The molecule has 2 aromatic rings. The van der Waals surface area contributed by atoms with Crippen molar-refractivity contribution in [1.29, 1.82) is 5.26 Å². The second kappa shape index (κ2) is 6.74. The molecule has 0 saturated carbocycles. The molecule has 0 spiro atoms. The Hall–Kier alpha value is -3.15. The molecule has 1 heterocycles. The summed E-state index contributed by atoms with van der Waals surface area (Å²) in [5.41, 5.74) is 2.26. The van der Waals surface area contributed by atoms with Gasteiger partial charge in [0.25, 0.3) is 5.91 Å². The van der Waals surface area contributed by atoms with E-state index in [0.717, 1.165) is 16.9 Å². The molecular weight excluding hydrogens is 311 g/mol. The van der Waals surface area contributed by atoms with Crippen molar-refractivity contribution in [2.45, 2.75) is 12.7 Å². The zero-order valence-electron chi connectivity index (χ0n) is 11.6. The SMILES string of the molecule is N#Cc1ccc(/C=N\NC(=O)Cn2ccc(C(F)(F)F)n2)cc1. The Bertz CT molecular complexity index is 756. The lowest BCUT2D eigenvalue weighted by atomic mass is 10.2. The Morgan fingerprint density at radius 1 is 1.35 bits per heavy atom. The predicted octanol–water partition coefficient (Wildman–Crippen LogP) is 1.92. The summed E-state index contributed by atoms with van der Waals surface area (Å²) in [5, 5.41) is 15.6. The third kappa shape index (κ3) is 4.67. The van der Waals surface area contributed by atoms with Crippen LogP contribution in [0.2, 0.25) is 0 Å². The summed E-state index contributed by atoms with van der Waals surface area (Å²) < 4.78 is 38.0. The molecule has 1 amide bonds. The molecule has 23 heavy (non-hydrogen) atoms. The van der Waals surface area contributed by atoms with Gasteiger partial charge in [0, 0.05) is 6.20 Å². The molecule has 6 nitrogen and oxygen atoms in total. The van der Waals surface area contributed by atoms with Gasteiger partial charge in [0.2, 0.25) is 0 Å². The summed E-state index contributed by atoms with van der Waals surface area (Å²) in [4.78, 5) is 11.6. The number of rotatable bonds is 4. The van der Waals surface area contributed by atoms with Crippen molar-refractivity contribution in [3.8, 4) is 6.07 Å². The van der Waals surface area contributed by atoms with E-state index < -0.39 is 17.8 Å². The van der Waals surface area contributed by atoms with Crippen LogP contribution in [0.15, 0.2) is 41.6 Å². The summed E-state index contributed by atoms with van der Waals surface area (Å²) >= 11 is 0. The molecule has 0 atom stereocenters. The zero-order valence-corrected chi connectivity index (χ0v) is 11.6. The first-order valence-corrected chi connectivity index (χ1v) is 6.31. The molecule has 0 radical (unpaired) electrons. The van der Waals surface area contributed by atoms with Gasteiger partial charge in [-0.25, -0.2) is 5.43 Å². The van der Waals surface area contributed by atoms with Crippen molar-refractivity contribution in [1.82, 2.24) is 15.2 Å². The van der Waals surface area contributed by atoms with Crippen molar-refractivity contribution in [3.63, 3.8) is 0 Å². The average molecular weight is 321 g/mol. The second-order valence-corrected chi connectivity index (χ2v) is 4.42. The lowest BCUT2D eigenvalue weighted by molar-refractivity contribution is -0.141. The molecule has 0 fully saturated rings. The van der Waals surface area contributed by atoms with E-state index >= 15 is 0 Å². The summed E-state index contributed by atoms with van der Waals surface area (Å²) in [7, 11) is 0. The van der Waals surface area contributed by atoms with Crippen LogP contribution >= 0.6 is 0 Å². The van der Waals surface area contributed by atoms with Crippen LogP contribution in [-0.4, -0.2) is 21.9 Å². The molecule has 0 aliphatic rings. The maximum atomic E-state index is 12.4. The maximum absolute atomic E-state index is 12.4. The molecule has 0 bridgehead atoms. The standard InChI is InChI=1S/C14H10F3N5O/c15-14(16,17)12-5-6-22(21-12)9-13(23)20-19-8-11-3-1-10(7-18)2-4-11/h1-6,8H,9H2,(H,20,23)/b19-8-. The number of nitrogens with zero attached hydrogens (tertiary/aromatic N) is 4. The lowest BCUT2D eigenvalue weighted by Gasteiger charge is -2.02. The lowest BCUT2D eigenvalue weighted by Crippen LogP contribution is -2.23. The number of aromatic nitrogens is 2. The number of carbonyl (C=O) groups excluding carboxylic acids is 1. The predicted molar refractivity (Wildman–Crippen MR) is 74.1 cm³/mol. The van der Waals surface area contributed by atoms with Crippen molar-refractivity contribution < 1.29 is 18.0 Å². The highest BCUT2D eigenvalue weighted by Crippen LogP contribution is 2.27. The van der Waals surface area contributed by atoms with E-state index in [1.807, 2.05) is 6.07 Å². The van der Waals surface area contributed by atoms with Gasteiger partial charge in [-0.3, -0.25) is 9.48 Å². The number of hydrogen-bond acceptors (Lipinski definition) is 4. The van der Waals surface area contributed by atoms with Crippen molar-refractivity contribution in [2.75, 3.05) is 0 Å². The van der Waals surface area contributed by atoms with Crippen LogP contribution < -0.4 is 5.43 Å². The van der Waals surface area contributed by atoms with E-state index in [1.54, 1.807) is 24.3 Å². The minimum absolute atomic E-state index is 0.388. The molecule has 1 aromatic heterocycles. The quantitative estimate of drug-likeness (QED) is 0.690. The smallest absolute Gasteiger partial charge is 0.271 e. The maximum Gasteiger partial charge on any atom is 0.435 e. The van der Waals surface area contributed by atoms with Gasteiger partial charge in [0.15, 0.2) is 5.69 Å². The Kier molecular flexibility index (Phi) is 4.75. The van der Waals surface area contributed by atoms with Crippen LogP contribution in [0.4, 0.5) is 13.2 Å². The van der Waals surface area contributed by atoms with Gasteiger partial charge in [-0.15, -0.1) is 0 Å². The first kappa shape index (κ1) is 16.2. The Labute approximate surface area is 128 Å². The normalized spacial score (nSPS) is 11.4. The van der Waals surface area contributed by atoms with Crippen LogP contribution in [0.25, 0.3) is 0 Å². The minimum atomic E-state index is -4.55. The monoisotopic (exact) mass is 321 g/mol. The third-order valence-electron chi connectivity index (χ3n) is 2.68. The highest BCUT2D eigenvalue weighted by atomic mass is 19.4. The second-order valence-electron chi connectivity index (χ2n) is 4.42. The number of nitriles is 1. The largest absolute Gasteiger partial charge is 0.435 e. The summed E-state index contributed by atoms with van der Waals surface area (Å²) in [6.07, 6.45) is -2.13. The fraction of sp³-hybridized carbons (Fsp3) is 0.143. The summed E-state index contributed by atoms with van der Waals surface area (Å²) in [6.45, 7) is -0.388. The third-order valence-corrected chi connectivity index (χ3v) is 2.68. The van der Waals surface area contributed by atoms with Gasteiger partial charge < -0.3 is 0 Å². The number of amides is 1. The van der Waals surface area contributed by atoms with Crippen molar-refractivity contribution in [2.24, 2.45) is 5.10 Å². The van der Waals surface area contributed by atoms with Gasteiger partial charge >= 0.3 is 6.18 Å². The first-order chi connectivity index (χ1) is 10.9. The van der Waals surface area contributed by atoms with Gasteiger partial charge in [0.1, 0.15) is 6.54 Å². The first-order valence-electron chi connectivity index (χ1n) is 6.31. The van der Waals surface area contributed by atoms with E-state index in [2.05, 4.69) is 15.6 Å².